The standard InChI is InChI=1S/C21H26FN7O4/c22-18-14(11-24-19(23)27-21(31)32)3-1-4-17(18)15-12-25-20(26-13-15)29-7-5-16(6-8-29)28-33-10-2-9-30/h1,3-4,12-13,30H,2,5-11H2,(H,31,32)(H3,23,24,27). The van der Waals surface area contributed by atoms with Crippen molar-refractivity contribution in [1.82, 2.24) is 15.3 Å². The minimum atomic E-state index is -1.34. The van der Waals surface area contributed by atoms with Gasteiger partial charge in [-0.25, -0.2) is 24.1 Å². The van der Waals surface area contributed by atoms with Gasteiger partial charge in [0.25, 0.3) is 0 Å². The Bertz CT molecular complexity index is 1000. The fraction of sp³-hybridized carbons (Fsp3) is 0.381. The molecule has 0 radical (unpaired) electrons. The van der Waals surface area contributed by atoms with E-state index in [1.165, 1.54) is 0 Å². The third kappa shape index (κ3) is 6.84. The second kappa shape index (κ2) is 11.7. The van der Waals surface area contributed by atoms with E-state index in [1.807, 2.05) is 10.2 Å². The number of nitrogens with one attached hydrogen (secondary N) is 1. The molecular formula is C21H26FN7O4. The van der Waals surface area contributed by atoms with E-state index in [9.17, 15) is 9.18 Å². The zero-order valence-electron chi connectivity index (χ0n) is 17.9. The average molecular weight is 459 g/mol. The molecule has 0 aliphatic carbocycles. The number of aliphatic hydroxyl groups is 1. The largest absolute Gasteiger partial charge is 0.465 e. The minimum absolute atomic E-state index is 0.0764. The fourth-order valence-electron chi connectivity index (χ4n) is 3.19. The van der Waals surface area contributed by atoms with Crippen LogP contribution in [0.1, 0.15) is 24.8 Å². The van der Waals surface area contributed by atoms with E-state index < -0.39 is 11.9 Å². The van der Waals surface area contributed by atoms with Crippen LogP contribution in [0.4, 0.5) is 15.1 Å². The lowest BCUT2D eigenvalue weighted by Crippen LogP contribution is -2.35. The van der Waals surface area contributed by atoms with E-state index in [0.29, 0.717) is 43.2 Å². The SMILES string of the molecule is NC(=NCc1cccc(-c2cnc(N3CCC(=NOCCCO)CC3)nc2)c1F)NC(=O)O. The van der Waals surface area contributed by atoms with Crippen LogP contribution in [-0.4, -0.2) is 64.2 Å². The normalized spacial score (nSPS) is 14.2. The van der Waals surface area contributed by atoms with Crippen LogP contribution >= 0.6 is 0 Å². The third-order valence-electron chi connectivity index (χ3n) is 4.89. The van der Waals surface area contributed by atoms with Crippen molar-refractivity contribution in [3.8, 4) is 11.1 Å². The number of piperidine rings is 1. The molecule has 176 valence electrons. The lowest BCUT2D eigenvalue weighted by molar-refractivity contribution is 0.122. The first-order valence-electron chi connectivity index (χ1n) is 10.4. The van der Waals surface area contributed by atoms with Crippen LogP contribution in [-0.2, 0) is 11.4 Å². The smallest absolute Gasteiger partial charge is 0.411 e. The summed E-state index contributed by atoms with van der Waals surface area (Å²) in [5.41, 5.74) is 7.48. The van der Waals surface area contributed by atoms with Crippen LogP contribution in [0.3, 0.4) is 0 Å². The molecule has 0 atom stereocenters. The molecule has 0 unspecified atom stereocenters. The number of aliphatic hydroxyl groups excluding tert-OH is 1. The molecule has 1 aromatic carbocycles. The van der Waals surface area contributed by atoms with Crippen molar-refractivity contribution in [1.29, 1.82) is 0 Å². The number of anilines is 1. The first kappa shape index (κ1) is 23.9. The summed E-state index contributed by atoms with van der Waals surface area (Å²) in [6, 6.07) is 4.83. The molecule has 2 heterocycles. The van der Waals surface area contributed by atoms with E-state index in [4.69, 9.17) is 20.8 Å². The minimum Gasteiger partial charge on any atom is -0.465 e. The molecule has 1 fully saturated rings. The summed E-state index contributed by atoms with van der Waals surface area (Å²) >= 11 is 0. The van der Waals surface area contributed by atoms with Crippen LogP contribution < -0.4 is 16.0 Å². The Kier molecular flexibility index (Phi) is 8.47. The van der Waals surface area contributed by atoms with Crippen LogP contribution in [0.15, 0.2) is 40.7 Å². The molecule has 0 spiro atoms. The fourth-order valence-corrected chi connectivity index (χ4v) is 3.19. The van der Waals surface area contributed by atoms with Gasteiger partial charge in [-0.15, -0.1) is 0 Å². The average Bonchev–Trinajstić information content (AvgIpc) is 2.81. The predicted molar refractivity (Wildman–Crippen MR) is 120 cm³/mol. The van der Waals surface area contributed by atoms with Crippen molar-refractivity contribution >= 4 is 23.7 Å². The lowest BCUT2D eigenvalue weighted by atomic mass is 10.0. The Morgan fingerprint density at radius 2 is 2.00 bits per heavy atom. The first-order valence-corrected chi connectivity index (χ1v) is 10.4. The number of amides is 1. The summed E-state index contributed by atoms with van der Waals surface area (Å²) in [7, 11) is 0. The number of hydrogen-bond acceptors (Lipinski definition) is 8. The Hall–Kier alpha value is -3.80. The Balaban J connectivity index is 1.63. The van der Waals surface area contributed by atoms with Crippen LogP contribution in [0.2, 0.25) is 0 Å². The summed E-state index contributed by atoms with van der Waals surface area (Å²) in [5.74, 6) is -0.264. The summed E-state index contributed by atoms with van der Waals surface area (Å²) in [6.07, 6.45) is 3.79. The van der Waals surface area contributed by atoms with E-state index >= 15 is 0 Å². The summed E-state index contributed by atoms with van der Waals surface area (Å²) in [6.45, 7) is 1.73. The van der Waals surface area contributed by atoms with E-state index in [0.717, 1.165) is 18.6 Å². The topological polar surface area (TPSA) is 159 Å². The second-order valence-electron chi connectivity index (χ2n) is 7.24. The number of nitrogens with zero attached hydrogens (tertiary/aromatic N) is 5. The number of guanidine groups is 1. The zero-order chi connectivity index (χ0) is 23.6. The van der Waals surface area contributed by atoms with Crippen molar-refractivity contribution in [3.05, 3.63) is 42.0 Å². The molecule has 0 saturated carbocycles. The molecular weight excluding hydrogens is 433 g/mol. The number of carboxylic acid groups (broad SMARTS) is 1. The Morgan fingerprint density at radius 3 is 2.67 bits per heavy atom. The second-order valence-corrected chi connectivity index (χ2v) is 7.24. The molecule has 1 saturated heterocycles. The van der Waals surface area contributed by atoms with Gasteiger partial charge in [-0.05, 0) is 0 Å². The van der Waals surface area contributed by atoms with Crippen molar-refractivity contribution < 1.29 is 24.2 Å². The predicted octanol–water partition coefficient (Wildman–Crippen LogP) is 1.72. The number of benzene rings is 1. The van der Waals surface area contributed by atoms with Gasteiger partial charge in [-0.3, -0.25) is 5.32 Å². The molecule has 1 aliphatic heterocycles. The Labute approximate surface area is 189 Å². The summed E-state index contributed by atoms with van der Waals surface area (Å²) in [4.78, 5) is 30.4. The highest BCUT2D eigenvalue weighted by Gasteiger charge is 2.18. The van der Waals surface area contributed by atoms with Gasteiger partial charge in [0.2, 0.25) is 5.95 Å². The van der Waals surface area contributed by atoms with Crippen LogP contribution in [0.5, 0.6) is 0 Å². The van der Waals surface area contributed by atoms with E-state index in [1.54, 1.807) is 30.6 Å². The van der Waals surface area contributed by atoms with Crippen LogP contribution in [0, 0.1) is 5.82 Å². The molecule has 1 aromatic heterocycles. The molecule has 5 N–H and O–H groups in total. The maximum atomic E-state index is 15.0. The maximum absolute atomic E-state index is 15.0. The zero-order valence-corrected chi connectivity index (χ0v) is 17.9. The molecule has 33 heavy (non-hydrogen) atoms. The number of aromatic nitrogens is 2. The van der Waals surface area contributed by atoms with Crippen molar-refractivity contribution in [2.75, 3.05) is 31.2 Å². The highest BCUT2D eigenvalue weighted by Crippen LogP contribution is 2.25. The number of oxime groups is 1. The quantitative estimate of drug-likeness (QED) is 0.201. The molecule has 1 aliphatic rings. The van der Waals surface area contributed by atoms with Crippen LogP contribution in [0.25, 0.3) is 11.1 Å². The number of nitrogens with two attached hydrogens (primary N) is 1. The number of aliphatic imine (C=N–C) groups is 1. The van der Waals surface area contributed by atoms with Gasteiger partial charge in [0, 0.05) is 68.0 Å². The number of carbonyl (C=O) groups is 1. The molecule has 2 aromatic rings. The number of rotatable bonds is 8. The monoisotopic (exact) mass is 459 g/mol. The first-order chi connectivity index (χ1) is 16.0. The van der Waals surface area contributed by atoms with Crippen molar-refractivity contribution in [2.45, 2.75) is 25.8 Å². The van der Waals surface area contributed by atoms with Gasteiger partial charge in [-0.1, -0.05) is 23.4 Å². The molecule has 0 bridgehead atoms. The Morgan fingerprint density at radius 1 is 1.27 bits per heavy atom. The van der Waals surface area contributed by atoms with Crippen molar-refractivity contribution in [2.24, 2.45) is 15.9 Å². The molecule has 12 heteroatoms. The highest BCUT2D eigenvalue weighted by molar-refractivity contribution is 5.92. The third-order valence-corrected chi connectivity index (χ3v) is 4.89. The van der Waals surface area contributed by atoms with Gasteiger partial charge in [0.05, 0.1) is 12.3 Å². The number of halogens is 1. The lowest BCUT2D eigenvalue weighted by Gasteiger charge is -2.27. The van der Waals surface area contributed by atoms with E-state index in [-0.39, 0.29) is 24.7 Å². The van der Waals surface area contributed by atoms with Gasteiger partial charge in [0.1, 0.15) is 12.4 Å². The highest BCUT2D eigenvalue weighted by atomic mass is 19.1. The van der Waals surface area contributed by atoms with Gasteiger partial charge in [0.15, 0.2) is 5.96 Å². The number of hydrogen-bond donors (Lipinski definition) is 4. The summed E-state index contributed by atoms with van der Waals surface area (Å²) < 4.78 is 15.0. The maximum Gasteiger partial charge on any atom is 0.411 e. The molecule has 11 nitrogen and oxygen atoms in total. The van der Waals surface area contributed by atoms with Gasteiger partial charge in [-0.2, -0.15) is 0 Å². The van der Waals surface area contributed by atoms with E-state index in [2.05, 4.69) is 20.1 Å². The van der Waals surface area contributed by atoms with Crippen molar-refractivity contribution in [3.63, 3.8) is 0 Å². The molecule has 3 rings (SSSR count). The van der Waals surface area contributed by atoms with Gasteiger partial charge < -0.3 is 25.7 Å². The molecule has 1 amide bonds. The summed E-state index contributed by atoms with van der Waals surface area (Å²) in [5, 5.41) is 23.4. The van der Waals surface area contributed by atoms with Gasteiger partial charge >= 0.3 is 6.09 Å².